The van der Waals surface area contributed by atoms with Crippen LogP contribution in [0, 0.1) is 6.92 Å². The number of nitrogens with zero attached hydrogens (tertiary/aromatic N) is 1. The summed E-state index contributed by atoms with van der Waals surface area (Å²) in [5.41, 5.74) is -4.08. The molecule has 2 N–H and O–H groups in total. The third-order valence-electron chi connectivity index (χ3n) is 4.79. The first-order valence-electron chi connectivity index (χ1n) is 9.13. The van der Waals surface area contributed by atoms with Crippen molar-refractivity contribution >= 4 is 23.6 Å². The molecule has 1 atom stereocenters. The van der Waals surface area contributed by atoms with Gasteiger partial charge >= 0.3 is 18.1 Å². The molecule has 1 aliphatic heterocycles. The number of alkyl halides is 3. The highest BCUT2D eigenvalue weighted by Gasteiger charge is 2.59. The van der Waals surface area contributed by atoms with Gasteiger partial charge in [-0.25, -0.2) is 9.59 Å². The van der Waals surface area contributed by atoms with Gasteiger partial charge in [-0.15, -0.1) is 0 Å². The second-order valence-corrected chi connectivity index (χ2v) is 8.26. The average Bonchev–Trinajstić information content (AvgIpc) is 3.10. The summed E-state index contributed by atoms with van der Waals surface area (Å²) in [6.45, 7) is 6.88. The first-order valence-corrected chi connectivity index (χ1v) is 9.13. The number of carbonyl (C=O) groups excluding carboxylic acids is 3. The van der Waals surface area contributed by atoms with E-state index in [2.05, 4.69) is 0 Å². The first kappa shape index (κ1) is 23.4. The molecule has 0 bridgehead atoms. The SMILES string of the molecule is Cc1c(C(=O)OC(C)(C)C)c2n(c1C(=O)C(=O)NC(C)(C(=O)O)C(F)(F)F)CCC2. The standard InChI is InChI=1S/C19H23F3N2O6/c1-9-11(15(27)30-17(2,3)4)10-7-6-8-24(10)12(9)13(25)14(26)23-18(5,16(28)29)19(20,21)22/h6-8H2,1-5H3,(H,23,26)(H,28,29). The second-order valence-electron chi connectivity index (χ2n) is 8.26. The van der Waals surface area contributed by atoms with Gasteiger partial charge in [0.2, 0.25) is 5.54 Å². The molecule has 0 radical (unpaired) electrons. The quantitative estimate of drug-likeness (QED) is 0.420. The minimum atomic E-state index is -5.34. The highest BCUT2D eigenvalue weighted by molar-refractivity contribution is 6.43. The van der Waals surface area contributed by atoms with E-state index < -0.39 is 40.9 Å². The van der Waals surface area contributed by atoms with E-state index in [9.17, 15) is 32.3 Å². The smallest absolute Gasteiger partial charge is 0.422 e. The molecule has 11 heteroatoms. The molecule has 0 fully saturated rings. The zero-order valence-corrected chi connectivity index (χ0v) is 17.2. The van der Waals surface area contributed by atoms with E-state index in [1.54, 1.807) is 20.8 Å². The maximum atomic E-state index is 13.2. The fourth-order valence-corrected chi connectivity index (χ4v) is 3.25. The molecule has 1 amide bonds. The number of hydrogen-bond acceptors (Lipinski definition) is 5. The summed E-state index contributed by atoms with van der Waals surface area (Å²) in [4.78, 5) is 48.8. The predicted octanol–water partition coefficient (Wildman–Crippen LogP) is 2.40. The highest BCUT2D eigenvalue weighted by Crippen LogP contribution is 2.33. The van der Waals surface area contributed by atoms with Crippen LogP contribution in [0.25, 0.3) is 0 Å². The summed E-state index contributed by atoms with van der Waals surface area (Å²) < 4.78 is 46.3. The molecule has 1 unspecified atom stereocenters. The number of carboxylic acids is 1. The van der Waals surface area contributed by atoms with Crippen LogP contribution < -0.4 is 5.32 Å². The maximum absolute atomic E-state index is 13.2. The molecule has 30 heavy (non-hydrogen) atoms. The Bertz CT molecular complexity index is 926. The lowest BCUT2D eigenvalue weighted by atomic mass is 10.0. The van der Waals surface area contributed by atoms with Gasteiger partial charge in [0, 0.05) is 12.2 Å². The molecule has 0 aromatic carbocycles. The number of fused-ring (bicyclic) bond motifs is 1. The Morgan fingerprint density at radius 3 is 2.13 bits per heavy atom. The van der Waals surface area contributed by atoms with E-state index in [1.165, 1.54) is 16.8 Å². The van der Waals surface area contributed by atoms with Crippen LogP contribution in [0.3, 0.4) is 0 Å². The number of amides is 1. The summed E-state index contributed by atoms with van der Waals surface area (Å²) in [5.74, 6) is -6.16. The van der Waals surface area contributed by atoms with E-state index in [4.69, 9.17) is 9.84 Å². The van der Waals surface area contributed by atoms with Gasteiger partial charge in [0.25, 0.3) is 11.7 Å². The minimum Gasteiger partial charge on any atom is -0.479 e. The van der Waals surface area contributed by atoms with Gasteiger partial charge in [0.05, 0.1) is 11.3 Å². The van der Waals surface area contributed by atoms with Crippen LogP contribution in [-0.4, -0.2) is 50.6 Å². The first-order chi connectivity index (χ1) is 13.5. The number of ketones is 1. The third-order valence-corrected chi connectivity index (χ3v) is 4.79. The van der Waals surface area contributed by atoms with Crippen molar-refractivity contribution in [3.8, 4) is 0 Å². The van der Waals surface area contributed by atoms with Gasteiger partial charge in [0.15, 0.2) is 0 Å². The summed E-state index contributed by atoms with van der Waals surface area (Å²) >= 11 is 0. The van der Waals surface area contributed by atoms with Gasteiger partial charge in [-0.05, 0) is 53.0 Å². The van der Waals surface area contributed by atoms with Gasteiger partial charge in [-0.2, -0.15) is 13.2 Å². The van der Waals surface area contributed by atoms with Crippen LogP contribution in [0.2, 0.25) is 0 Å². The molecule has 0 spiro atoms. The lowest BCUT2D eigenvalue weighted by Gasteiger charge is -2.28. The number of ether oxygens (including phenoxy) is 1. The van der Waals surface area contributed by atoms with Crippen molar-refractivity contribution in [2.24, 2.45) is 0 Å². The summed E-state index contributed by atoms with van der Waals surface area (Å²) in [6, 6.07) is 0. The van der Waals surface area contributed by atoms with E-state index in [0.29, 0.717) is 18.5 Å². The Morgan fingerprint density at radius 2 is 1.67 bits per heavy atom. The van der Waals surface area contributed by atoms with Crippen LogP contribution in [0.4, 0.5) is 13.2 Å². The Balaban J connectivity index is 2.46. The normalized spacial score (nSPS) is 15.9. The molecule has 0 aliphatic carbocycles. The van der Waals surface area contributed by atoms with Crippen molar-refractivity contribution in [2.75, 3.05) is 0 Å². The molecule has 1 aromatic rings. The number of esters is 1. The Labute approximate surface area is 170 Å². The molecule has 0 saturated carbocycles. The Kier molecular flexibility index (Phi) is 5.81. The van der Waals surface area contributed by atoms with Gasteiger partial charge in [-0.3, -0.25) is 9.59 Å². The number of hydrogen-bond donors (Lipinski definition) is 2. The lowest BCUT2D eigenvalue weighted by Crippen LogP contribution is -2.63. The van der Waals surface area contributed by atoms with Crippen molar-refractivity contribution in [1.29, 1.82) is 0 Å². The van der Waals surface area contributed by atoms with E-state index in [1.807, 2.05) is 0 Å². The summed E-state index contributed by atoms with van der Waals surface area (Å²) in [5, 5.41) is 10.2. The van der Waals surface area contributed by atoms with Crippen LogP contribution in [0.15, 0.2) is 0 Å². The maximum Gasteiger partial charge on any atom is 0.422 e. The predicted molar refractivity (Wildman–Crippen MR) is 97.2 cm³/mol. The van der Waals surface area contributed by atoms with Crippen LogP contribution in [-0.2, 0) is 27.3 Å². The fourth-order valence-electron chi connectivity index (χ4n) is 3.25. The van der Waals surface area contributed by atoms with Gasteiger partial charge < -0.3 is 19.7 Å². The Morgan fingerprint density at radius 1 is 1.10 bits per heavy atom. The number of nitrogens with one attached hydrogen (secondary N) is 1. The van der Waals surface area contributed by atoms with Crippen molar-refractivity contribution < 1.29 is 42.2 Å². The van der Waals surface area contributed by atoms with Crippen LogP contribution in [0.5, 0.6) is 0 Å². The summed E-state index contributed by atoms with van der Waals surface area (Å²) in [6.07, 6.45) is -4.37. The van der Waals surface area contributed by atoms with E-state index in [0.717, 1.165) is 0 Å². The van der Waals surface area contributed by atoms with Gasteiger partial charge in [0.1, 0.15) is 5.60 Å². The topological polar surface area (TPSA) is 115 Å². The van der Waals surface area contributed by atoms with Crippen LogP contribution >= 0.6 is 0 Å². The van der Waals surface area contributed by atoms with Crippen molar-refractivity contribution in [3.05, 3.63) is 22.5 Å². The van der Waals surface area contributed by atoms with Crippen molar-refractivity contribution in [2.45, 2.75) is 71.3 Å². The van der Waals surface area contributed by atoms with E-state index >= 15 is 0 Å². The molecule has 0 saturated heterocycles. The molecule has 1 aromatic heterocycles. The third kappa shape index (κ3) is 4.05. The van der Waals surface area contributed by atoms with Crippen molar-refractivity contribution in [1.82, 2.24) is 9.88 Å². The lowest BCUT2D eigenvalue weighted by molar-refractivity contribution is -0.206. The minimum absolute atomic E-state index is 0.0930. The highest BCUT2D eigenvalue weighted by atomic mass is 19.4. The number of aromatic nitrogens is 1. The molecule has 2 heterocycles. The summed E-state index contributed by atoms with van der Waals surface area (Å²) in [7, 11) is 0. The molecule has 166 valence electrons. The number of aliphatic carboxylic acids is 1. The number of rotatable bonds is 5. The average molecular weight is 432 g/mol. The fraction of sp³-hybridized carbons (Fsp3) is 0.579. The molecule has 2 rings (SSSR count). The largest absolute Gasteiger partial charge is 0.479 e. The molecular weight excluding hydrogens is 409 g/mol. The number of halogens is 3. The monoisotopic (exact) mass is 432 g/mol. The zero-order chi connectivity index (χ0) is 23.2. The number of carboxylic acid groups (broad SMARTS) is 1. The molecular formula is C19H23F3N2O6. The Hall–Kier alpha value is -2.85. The van der Waals surface area contributed by atoms with Crippen LogP contribution in [0.1, 0.15) is 66.2 Å². The van der Waals surface area contributed by atoms with Crippen molar-refractivity contribution in [3.63, 3.8) is 0 Å². The molecule has 1 aliphatic rings. The van der Waals surface area contributed by atoms with E-state index in [-0.39, 0.29) is 30.3 Å². The zero-order valence-electron chi connectivity index (χ0n) is 17.2. The number of carbonyl (C=O) groups is 4. The van der Waals surface area contributed by atoms with Gasteiger partial charge in [-0.1, -0.05) is 0 Å². The second kappa shape index (κ2) is 7.44. The molecule has 8 nitrogen and oxygen atoms in total. The number of Topliss-reactive ketones (excluding diaryl/α,β-unsaturated/α-hetero) is 1.